The molecule has 1 amide bonds. The fourth-order valence-corrected chi connectivity index (χ4v) is 6.95. The Balaban J connectivity index is 0.00000192. The third-order valence-corrected chi connectivity index (χ3v) is 6.93. The number of carbonyl (C=O) groups is 1. The van der Waals surface area contributed by atoms with Crippen LogP contribution in [0.4, 0.5) is 13.6 Å². The topological polar surface area (TPSA) is 104 Å². The van der Waals surface area contributed by atoms with Crippen molar-refractivity contribution in [2.45, 2.75) is 49.8 Å². The molecule has 4 aliphatic rings. The van der Waals surface area contributed by atoms with Gasteiger partial charge in [-0.1, -0.05) is 0 Å². The Morgan fingerprint density at radius 1 is 1.13 bits per heavy atom. The zero-order valence-electron chi connectivity index (χ0n) is 11.8. The summed E-state index contributed by atoms with van der Waals surface area (Å²) in [6, 6.07) is -4.22. The summed E-state index contributed by atoms with van der Waals surface area (Å²) < 4.78 is 61.5. The van der Waals surface area contributed by atoms with Crippen LogP contribution in [0.1, 0.15) is 38.5 Å². The summed E-state index contributed by atoms with van der Waals surface area (Å²) in [6.07, 6.45) is 1.64. The van der Waals surface area contributed by atoms with Gasteiger partial charge in [0.15, 0.2) is 5.25 Å². The fraction of sp³-hybridized carbons (Fsp3) is 0.923. The van der Waals surface area contributed by atoms with E-state index in [1.807, 2.05) is 0 Å². The van der Waals surface area contributed by atoms with Crippen molar-refractivity contribution in [1.29, 1.82) is 0 Å². The van der Waals surface area contributed by atoms with Crippen molar-refractivity contribution in [1.82, 2.24) is 5.32 Å². The monoisotopic (exact) mass is 363 g/mol. The summed E-state index contributed by atoms with van der Waals surface area (Å²) in [4.78, 5) is 10.6. The normalized spacial score (nSPS) is 37.1. The first kappa shape index (κ1) is 19.4. The van der Waals surface area contributed by atoms with E-state index < -0.39 is 32.9 Å². The van der Waals surface area contributed by atoms with E-state index in [4.69, 9.17) is 5.11 Å². The van der Waals surface area contributed by atoms with Crippen LogP contribution in [0.2, 0.25) is 0 Å². The molecule has 0 aromatic rings. The van der Waals surface area contributed by atoms with E-state index in [1.165, 1.54) is 0 Å². The molecule has 6 nitrogen and oxygen atoms in total. The molecule has 4 rings (SSSR count). The van der Waals surface area contributed by atoms with Crippen LogP contribution in [0.3, 0.4) is 0 Å². The summed E-state index contributed by atoms with van der Waals surface area (Å²) in [6.45, 7) is 0. The van der Waals surface area contributed by atoms with Crippen LogP contribution in [0.5, 0.6) is 0 Å². The number of hydrogen-bond acceptors (Lipinski definition) is 3. The van der Waals surface area contributed by atoms with E-state index in [9.17, 15) is 26.5 Å². The molecule has 0 saturated heterocycles. The van der Waals surface area contributed by atoms with Crippen LogP contribution in [-0.2, 0) is 10.1 Å². The molecule has 0 aliphatic heterocycles. The second-order valence-electron chi connectivity index (χ2n) is 7.23. The maximum absolute atomic E-state index is 14.3. The van der Waals surface area contributed by atoms with E-state index in [2.05, 4.69) is 0 Å². The predicted octanol–water partition coefficient (Wildman–Crippen LogP) is 1.67. The quantitative estimate of drug-likeness (QED) is 0.400. The average molecular weight is 363 g/mol. The first-order valence-corrected chi connectivity index (χ1v) is 8.87. The van der Waals surface area contributed by atoms with Crippen LogP contribution >= 0.6 is 0 Å². The van der Waals surface area contributed by atoms with Crippen LogP contribution in [-0.4, -0.2) is 65.0 Å². The molecule has 4 bridgehead atoms. The molecular weight excluding hydrogens is 343 g/mol. The summed E-state index contributed by atoms with van der Waals surface area (Å²) in [7, 11) is -5.11. The summed E-state index contributed by atoms with van der Waals surface area (Å²) in [5.41, 5.74) is -1.24. The SMILES string of the molecule is O=C(O)NC(F)(F)C(C12CC3CC(CC(C3)C1)C2)S(=O)(=O)O.[NaH]. The number of amides is 1. The Bertz CT molecular complexity index is 562. The molecule has 0 spiro atoms. The van der Waals surface area contributed by atoms with Crippen molar-refractivity contribution < 1.29 is 31.7 Å². The van der Waals surface area contributed by atoms with Crippen LogP contribution in [0.25, 0.3) is 0 Å². The molecule has 0 radical (unpaired) electrons. The average Bonchev–Trinajstić information content (AvgIpc) is 2.19. The van der Waals surface area contributed by atoms with E-state index in [0.717, 1.165) is 24.6 Å². The second kappa shape index (κ2) is 6.09. The number of carboxylic acid groups (broad SMARTS) is 1. The molecule has 1 unspecified atom stereocenters. The zero-order valence-corrected chi connectivity index (χ0v) is 12.7. The molecular formula is C13H20F2NNaO5S. The van der Waals surface area contributed by atoms with Gasteiger partial charge in [-0.3, -0.25) is 9.87 Å². The van der Waals surface area contributed by atoms with Crippen molar-refractivity contribution in [2.24, 2.45) is 23.2 Å². The van der Waals surface area contributed by atoms with Crippen LogP contribution in [0.15, 0.2) is 0 Å². The molecule has 4 fully saturated rings. The van der Waals surface area contributed by atoms with Gasteiger partial charge < -0.3 is 5.11 Å². The van der Waals surface area contributed by atoms with E-state index in [-0.39, 0.29) is 47.3 Å². The van der Waals surface area contributed by atoms with Gasteiger partial charge in [-0.05, 0) is 61.7 Å². The van der Waals surface area contributed by atoms with Gasteiger partial charge >= 0.3 is 41.7 Å². The molecule has 4 saturated carbocycles. The van der Waals surface area contributed by atoms with Gasteiger partial charge in [0, 0.05) is 0 Å². The Morgan fingerprint density at radius 3 is 1.83 bits per heavy atom. The summed E-state index contributed by atoms with van der Waals surface area (Å²) in [5.74, 6) is 0.573. The van der Waals surface area contributed by atoms with Gasteiger partial charge in [-0.25, -0.2) is 4.79 Å². The molecule has 1 atom stereocenters. The summed E-state index contributed by atoms with van der Waals surface area (Å²) in [5, 5.41) is 7.15. The molecule has 4 aliphatic carbocycles. The molecule has 0 heterocycles. The molecule has 23 heavy (non-hydrogen) atoms. The third-order valence-electron chi connectivity index (χ3n) is 5.54. The van der Waals surface area contributed by atoms with Crippen molar-refractivity contribution >= 4 is 45.8 Å². The number of alkyl halides is 2. The van der Waals surface area contributed by atoms with Gasteiger partial charge in [0.25, 0.3) is 10.1 Å². The zero-order chi connectivity index (χ0) is 16.3. The molecule has 10 heteroatoms. The van der Waals surface area contributed by atoms with Crippen molar-refractivity contribution in [3.8, 4) is 0 Å². The predicted molar refractivity (Wildman–Crippen MR) is 79.2 cm³/mol. The molecule has 3 N–H and O–H groups in total. The van der Waals surface area contributed by atoms with E-state index in [1.54, 1.807) is 0 Å². The standard InChI is InChI=1S/C13H19F2NO5S.Na.H/c14-13(15,16-11(17)18)10(22(19,20)21)12-4-7-1-8(5-12)3-9(2-7)6-12;;/h7-10,16H,1-6H2,(H,17,18)(H,19,20,21);;. The van der Waals surface area contributed by atoms with Gasteiger partial charge in [-0.15, -0.1) is 0 Å². The van der Waals surface area contributed by atoms with Crippen LogP contribution < -0.4 is 5.32 Å². The third kappa shape index (κ3) is 3.53. The number of halogens is 2. The Morgan fingerprint density at radius 2 is 1.52 bits per heavy atom. The van der Waals surface area contributed by atoms with Crippen molar-refractivity contribution in [3.05, 3.63) is 0 Å². The fourth-order valence-electron chi connectivity index (χ4n) is 5.59. The Kier molecular flexibility index (Phi) is 5.12. The van der Waals surface area contributed by atoms with Gasteiger partial charge in [0.2, 0.25) is 0 Å². The van der Waals surface area contributed by atoms with Gasteiger partial charge in [0.1, 0.15) is 0 Å². The van der Waals surface area contributed by atoms with E-state index in [0.29, 0.717) is 19.3 Å². The first-order chi connectivity index (χ1) is 10.0. The minimum absolute atomic E-state index is 0. The molecule has 128 valence electrons. The Hall–Kier alpha value is 0.0400. The number of hydrogen-bond donors (Lipinski definition) is 3. The van der Waals surface area contributed by atoms with Crippen molar-refractivity contribution in [2.75, 3.05) is 0 Å². The molecule has 0 aromatic carbocycles. The summed E-state index contributed by atoms with van der Waals surface area (Å²) >= 11 is 0. The number of rotatable bonds is 4. The first-order valence-electron chi connectivity index (χ1n) is 7.37. The molecule has 0 aromatic heterocycles. The Labute approximate surface area is 155 Å². The van der Waals surface area contributed by atoms with Gasteiger partial charge in [-0.2, -0.15) is 17.2 Å². The van der Waals surface area contributed by atoms with Gasteiger partial charge in [0.05, 0.1) is 0 Å². The minimum atomic E-state index is -5.11. The number of nitrogens with one attached hydrogen (secondary N) is 1. The van der Waals surface area contributed by atoms with Crippen LogP contribution in [0, 0.1) is 23.2 Å². The van der Waals surface area contributed by atoms with E-state index >= 15 is 0 Å². The van der Waals surface area contributed by atoms with Crippen molar-refractivity contribution in [3.63, 3.8) is 0 Å². The maximum atomic E-state index is 14.3. The second-order valence-corrected chi connectivity index (χ2v) is 8.73.